The lowest BCUT2D eigenvalue weighted by atomic mass is 9.87. The van der Waals surface area contributed by atoms with Crippen molar-refractivity contribution in [2.75, 3.05) is 27.3 Å². The molecule has 7 nitrogen and oxygen atoms in total. The van der Waals surface area contributed by atoms with E-state index < -0.39 is 0 Å². The highest BCUT2D eigenvalue weighted by molar-refractivity contribution is 5.85. The molecule has 0 bridgehead atoms. The molecule has 2 heterocycles. The molecule has 1 saturated carbocycles. The molecule has 1 saturated heterocycles. The second-order valence-corrected chi connectivity index (χ2v) is 7.92. The van der Waals surface area contributed by atoms with E-state index in [1.54, 1.807) is 26.6 Å². The Bertz CT molecular complexity index is 914. The Hall–Kier alpha value is -3.09. The number of methoxy groups -OCH3 is 2. The van der Waals surface area contributed by atoms with Crippen molar-refractivity contribution in [3.63, 3.8) is 0 Å². The summed E-state index contributed by atoms with van der Waals surface area (Å²) in [6.07, 6.45) is 5.34. The largest absolute Gasteiger partial charge is 0.497 e. The summed E-state index contributed by atoms with van der Waals surface area (Å²) in [6, 6.07) is 9.40. The van der Waals surface area contributed by atoms with Gasteiger partial charge in [0.15, 0.2) is 0 Å². The Morgan fingerprint density at radius 2 is 2.00 bits per heavy atom. The standard InChI is InChI=1S/C23H27N3O4/c1-29-17-7-8-18(21(10-17)30-2)19-13-26(23(28)16-5-6-16)14-20(19)22(27)25-12-15-4-3-9-24-11-15/h3-4,7-11,16,19-20H,5-6,12-14H2,1-2H3,(H,25,27). The van der Waals surface area contributed by atoms with Gasteiger partial charge < -0.3 is 19.7 Å². The zero-order valence-corrected chi connectivity index (χ0v) is 17.3. The van der Waals surface area contributed by atoms with Crippen LogP contribution in [0.3, 0.4) is 0 Å². The van der Waals surface area contributed by atoms with Crippen molar-refractivity contribution in [3.05, 3.63) is 53.9 Å². The van der Waals surface area contributed by atoms with E-state index in [9.17, 15) is 9.59 Å². The smallest absolute Gasteiger partial charge is 0.225 e. The summed E-state index contributed by atoms with van der Waals surface area (Å²) in [5.41, 5.74) is 1.86. The number of amides is 2. The first-order valence-electron chi connectivity index (χ1n) is 10.3. The van der Waals surface area contributed by atoms with Gasteiger partial charge in [0.1, 0.15) is 11.5 Å². The van der Waals surface area contributed by atoms with Gasteiger partial charge in [-0.15, -0.1) is 0 Å². The average Bonchev–Trinajstić information content (AvgIpc) is 3.55. The Morgan fingerprint density at radius 3 is 2.67 bits per heavy atom. The predicted molar refractivity (Wildman–Crippen MR) is 111 cm³/mol. The molecule has 2 atom stereocenters. The van der Waals surface area contributed by atoms with Gasteiger partial charge in [-0.2, -0.15) is 0 Å². The van der Waals surface area contributed by atoms with Crippen LogP contribution in [0, 0.1) is 11.8 Å². The first-order valence-corrected chi connectivity index (χ1v) is 10.3. The lowest BCUT2D eigenvalue weighted by Gasteiger charge is -2.21. The first-order chi connectivity index (χ1) is 14.6. The number of carbonyl (C=O) groups excluding carboxylic acids is 2. The first kappa shape index (κ1) is 20.2. The van der Waals surface area contributed by atoms with Crippen molar-refractivity contribution in [2.24, 2.45) is 11.8 Å². The number of hydrogen-bond donors (Lipinski definition) is 1. The molecular formula is C23H27N3O4. The van der Waals surface area contributed by atoms with Crippen LogP contribution < -0.4 is 14.8 Å². The maximum atomic E-state index is 13.1. The van der Waals surface area contributed by atoms with Crippen molar-refractivity contribution in [1.29, 1.82) is 0 Å². The Balaban J connectivity index is 1.56. The number of carbonyl (C=O) groups is 2. The molecule has 7 heteroatoms. The molecule has 1 N–H and O–H groups in total. The summed E-state index contributed by atoms with van der Waals surface area (Å²) in [7, 11) is 3.21. The quantitative estimate of drug-likeness (QED) is 0.759. The number of nitrogens with zero attached hydrogens (tertiary/aromatic N) is 2. The van der Waals surface area contributed by atoms with Crippen LogP contribution in [-0.4, -0.2) is 49.0 Å². The van der Waals surface area contributed by atoms with Gasteiger partial charge in [0.05, 0.1) is 20.1 Å². The number of rotatable bonds is 7. The predicted octanol–water partition coefficient (Wildman–Crippen LogP) is 2.37. The number of hydrogen-bond acceptors (Lipinski definition) is 5. The van der Waals surface area contributed by atoms with Crippen molar-refractivity contribution in [2.45, 2.75) is 25.3 Å². The van der Waals surface area contributed by atoms with Crippen molar-refractivity contribution < 1.29 is 19.1 Å². The number of benzene rings is 1. The Labute approximate surface area is 176 Å². The maximum absolute atomic E-state index is 13.1. The topological polar surface area (TPSA) is 80.8 Å². The van der Waals surface area contributed by atoms with Crippen LogP contribution in [0.2, 0.25) is 0 Å². The molecule has 1 aromatic carbocycles. The lowest BCUT2D eigenvalue weighted by molar-refractivity contribution is -0.132. The van der Waals surface area contributed by atoms with Gasteiger partial charge in [-0.25, -0.2) is 0 Å². The van der Waals surface area contributed by atoms with Crippen LogP contribution in [0.25, 0.3) is 0 Å². The average molecular weight is 409 g/mol. The minimum Gasteiger partial charge on any atom is -0.497 e. The second kappa shape index (κ2) is 8.73. The summed E-state index contributed by atoms with van der Waals surface area (Å²) in [5, 5.41) is 3.02. The van der Waals surface area contributed by atoms with E-state index in [1.165, 1.54) is 0 Å². The third-order valence-electron chi connectivity index (χ3n) is 5.92. The third-order valence-corrected chi connectivity index (χ3v) is 5.92. The van der Waals surface area contributed by atoms with Crippen LogP contribution in [0.15, 0.2) is 42.7 Å². The molecule has 0 radical (unpaired) electrons. The summed E-state index contributed by atoms with van der Waals surface area (Å²) in [5.74, 6) is 1.11. The molecule has 1 aromatic heterocycles. The van der Waals surface area contributed by atoms with E-state index >= 15 is 0 Å². The molecule has 30 heavy (non-hydrogen) atoms. The minimum absolute atomic E-state index is 0.0622. The zero-order chi connectivity index (χ0) is 21.1. The number of aromatic nitrogens is 1. The summed E-state index contributed by atoms with van der Waals surface area (Å²) >= 11 is 0. The molecule has 1 aliphatic carbocycles. The van der Waals surface area contributed by atoms with Gasteiger partial charge in [-0.3, -0.25) is 14.6 Å². The molecule has 2 unspecified atom stereocenters. The molecule has 4 rings (SSSR count). The van der Waals surface area contributed by atoms with Crippen molar-refractivity contribution >= 4 is 11.8 Å². The minimum atomic E-state index is -0.341. The summed E-state index contributed by atoms with van der Waals surface area (Å²) < 4.78 is 10.9. The molecule has 158 valence electrons. The van der Waals surface area contributed by atoms with E-state index in [0.717, 1.165) is 24.0 Å². The van der Waals surface area contributed by atoms with Gasteiger partial charge in [-0.1, -0.05) is 12.1 Å². The Morgan fingerprint density at radius 1 is 1.17 bits per heavy atom. The number of likely N-dealkylation sites (tertiary alicyclic amines) is 1. The number of pyridine rings is 1. The summed E-state index contributed by atoms with van der Waals surface area (Å²) in [6.45, 7) is 1.35. The van der Waals surface area contributed by atoms with Crippen LogP contribution in [0.1, 0.15) is 29.9 Å². The fraction of sp³-hybridized carbons (Fsp3) is 0.435. The third kappa shape index (κ3) is 4.25. The van der Waals surface area contributed by atoms with Gasteiger partial charge >= 0.3 is 0 Å². The van der Waals surface area contributed by atoms with E-state index in [2.05, 4.69) is 10.3 Å². The van der Waals surface area contributed by atoms with Crippen molar-refractivity contribution in [3.8, 4) is 11.5 Å². The normalized spacial score (nSPS) is 20.7. The SMILES string of the molecule is COc1ccc(C2CN(C(=O)C3CC3)CC2C(=O)NCc2cccnc2)c(OC)c1. The molecule has 0 spiro atoms. The number of nitrogens with one attached hydrogen (secondary N) is 1. The monoisotopic (exact) mass is 409 g/mol. The Kier molecular flexibility index (Phi) is 5.88. The van der Waals surface area contributed by atoms with E-state index in [0.29, 0.717) is 31.1 Å². The van der Waals surface area contributed by atoms with Gasteiger partial charge in [-0.05, 0) is 30.5 Å². The van der Waals surface area contributed by atoms with Gasteiger partial charge in [0.2, 0.25) is 11.8 Å². The molecule has 2 aromatic rings. The van der Waals surface area contributed by atoms with Crippen LogP contribution in [0.4, 0.5) is 0 Å². The van der Waals surface area contributed by atoms with E-state index in [-0.39, 0.29) is 29.6 Å². The molecule has 2 aliphatic rings. The van der Waals surface area contributed by atoms with Gasteiger partial charge in [0.25, 0.3) is 0 Å². The van der Waals surface area contributed by atoms with Crippen LogP contribution in [-0.2, 0) is 16.1 Å². The highest BCUT2D eigenvalue weighted by Crippen LogP contribution is 2.41. The van der Waals surface area contributed by atoms with E-state index in [4.69, 9.17) is 9.47 Å². The van der Waals surface area contributed by atoms with E-state index in [1.807, 2.05) is 35.2 Å². The van der Waals surface area contributed by atoms with Crippen LogP contribution >= 0.6 is 0 Å². The zero-order valence-electron chi connectivity index (χ0n) is 17.3. The van der Waals surface area contributed by atoms with Crippen molar-refractivity contribution in [1.82, 2.24) is 15.2 Å². The number of ether oxygens (including phenoxy) is 2. The fourth-order valence-corrected chi connectivity index (χ4v) is 4.10. The maximum Gasteiger partial charge on any atom is 0.225 e. The summed E-state index contributed by atoms with van der Waals surface area (Å²) in [4.78, 5) is 31.8. The highest BCUT2D eigenvalue weighted by Gasteiger charge is 2.44. The highest BCUT2D eigenvalue weighted by atomic mass is 16.5. The van der Waals surface area contributed by atoms with Gasteiger partial charge in [0, 0.05) is 55.5 Å². The van der Waals surface area contributed by atoms with Crippen LogP contribution in [0.5, 0.6) is 11.5 Å². The second-order valence-electron chi connectivity index (χ2n) is 7.92. The molecule has 1 aliphatic heterocycles. The molecular weight excluding hydrogens is 382 g/mol. The molecule has 2 fully saturated rings. The fourth-order valence-electron chi connectivity index (χ4n) is 4.10. The molecule has 2 amide bonds. The lowest BCUT2D eigenvalue weighted by Crippen LogP contribution is -2.35.